The molecule has 1 saturated heterocycles. The van der Waals surface area contributed by atoms with Crippen LogP contribution in [-0.2, 0) is 4.79 Å². The standard InChI is InChI=1S/C16H31N3O/c1-12-6-4-10-19(13(12)2)11-5-9-16(3,15(17)20)18-14-7-8-14/h12-14,18H,4-11H2,1-3H3,(H2,17,20). The molecule has 1 amide bonds. The molecule has 3 atom stereocenters. The fourth-order valence-electron chi connectivity index (χ4n) is 3.32. The van der Waals surface area contributed by atoms with Crippen LogP contribution in [0.2, 0.25) is 0 Å². The zero-order chi connectivity index (χ0) is 14.8. The van der Waals surface area contributed by atoms with Gasteiger partial charge >= 0.3 is 0 Å². The molecule has 20 heavy (non-hydrogen) atoms. The van der Waals surface area contributed by atoms with Gasteiger partial charge in [0.15, 0.2) is 0 Å². The topological polar surface area (TPSA) is 58.4 Å². The first-order valence-electron chi connectivity index (χ1n) is 8.24. The minimum atomic E-state index is -0.522. The minimum Gasteiger partial charge on any atom is -0.368 e. The van der Waals surface area contributed by atoms with Crippen LogP contribution in [0.5, 0.6) is 0 Å². The van der Waals surface area contributed by atoms with E-state index < -0.39 is 5.54 Å². The Morgan fingerprint density at radius 1 is 1.35 bits per heavy atom. The number of hydrogen-bond acceptors (Lipinski definition) is 3. The Balaban J connectivity index is 1.79. The number of likely N-dealkylation sites (tertiary alicyclic amines) is 1. The summed E-state index contributed by atoms with van der Waals surface area (Å²) in [6.45, 7) is 8.93. The second-order valence-electron chi connectivity index (χ2n) is 7.11. The summed E-state index contributed by atoms with van der Waals surface area (Å²) < 4.78 is 0. The molecule has 4 nitrogen and oxygen atoms in total. The van der Waals surface area contributed by atoms with Crippen molar-refractivity contribution in [2.24, 2.45) is 11.7 Å². The summed E-state index contributed by atoms with van der Waals surface area (Å²) >= 11 is 0. The highest BCUT2D eigenvalue weighted by Gasteiger charge is 2.36. The molecule has 116 valence electrons. The Hall–Kier alpha value is -0.610. The van der Waals surface area contributed by atoms with Gasteiger partial charge in [0.1, 0.15) is 0 Å². The molecule has 0 aromatic carbocycles. The lowest BCUT2D eigenvalue weighted by atomic mass is 9.90. The maximum atomic E-state index is 11.7. The van der Waals surface area contributed by atoms with Gasteiger partial charge in [0.25, 0.3) is 0 Å². The van der Waals surface area contributed by atoms with E-state index in [1.54, 1.807) is 0 Å². The molecule has 1 heterocycles. The quantitative estimate of drug-likeness (QED) is 0.749. The van der Waals surface area contributed by atoms with Crippen molar-refractivity contribution in [3.8, 4) is 0 Å². The largest absolute Gasteiger partial charge is 0.368 e. The van der Waals surface area contributed by atoms with E-state index >= 15 is 0 Å². The number of rotatable bonds is 7. The second-order valence-corrected chi connectivity index (χ2v) is 7.11. The molecule has 3 unspecified atom stereocenters. The average molecular weight is 281 g/mol. The van der Waals surface area contributed by atoms with Crippen molar-refractivity contribution >= 4 is 5.91 Å². The van der Waals surface area contributed by atoms with Crippen LogP contribution in [0.3, 0.4) is 0 Å². The maximum absolute atomic E-state index is 11.7. The Kier molecular flexibility index (Phi) is 5.08. The number of piperidine rings is 1. The number of nitrogens with two attached hydrogens (primary N) is 1. The van der Waals surface area contributed by atoms with Gasteiger partial charge in [-0.15, -0.1) is 0 Å². The SMILES string of the molecule is CC1CCCN(CCCC(C)(NC2CC2)C(N)=O)C1C. The maximum Gasteiger partial charge on any atom is 0.237 e. The van der Waals surface area contributed by atoms with Gasteiger partial charge in [0, 0.05) is 12.1 Å². The van der Waals surface area contributed by atoms with Crippen molar-refractivity contribution in [2.45, 2.75) is 76.9 Å². The van der Waals surface area contributed by atoms with Gasteiger partial charge in [-0.3, -0.25) is 4.79 Å². The van der Waals surface area contributed by atoms with Crippen LogP contribution in [0.15, 0.2) is 0 Å². The minimum absolute atomic E-state index is 0.204. The number of primary amides is 1. The van der Waals surface area contributed by atoms with Crippen LogP contribution in [0.1, 0.15) is 59.3 Å². The van der Waals surface area contributed by atoms with Crippen LogP contribution >= 0.6 is 0 Å². The molecule has 3 N–H and O–H groups in total. The third kappa shape index (κ3) is 3.95. The first-order chi connectivity index (χ1) is 9.42. The van der Waals surface area contributed by atoms with E-state index in [2.05, 4.69) is 24.1 Å². The normalized spacial score (nSPS) is 30.9. The van der Waals surface area contributed by atoms with E-state index in [9.17, 15) is 4.79 Å². The molecule has 1 aliphatic heterocycles. The molecule has 2 rings (SSSR count). The summed E-state index contributed by atoms with van der Waals surface area (Å²) in [6.07, 6.45) is 6.90. The van der Waals surface area contributed by atoms with Crippen LogP contribution in [0.4, 0.5) is 0 Å². The van der Waals surface area contributed by atoms with Crippen molar-refractivity contribution in [1.82, 2.24) is 10.2 Å². The van der Waals surface area contributed by atoms with Gasteiger partial charge in [-0.05, 0) is 71.4 Å². The fourth-order valence-corrected chi connectivity index (χ4v) is 3.32. The predicted octanol–water partition coefficient (Wildman–Crippen LogP) is 1.88. The lowest BCUT2D eigenvalue weighted by Gasteiger charge is -2.38. The summed E-state index contributed by atoms with van der Waals surface area (Å²) in [4.78, 5) is 14.3. The smallest absolute Gasteiger partial charge is 0.237 e. The van der Waals surface area contributed by atoms with Gasteiger partial charge in [-0.1, -0.05) is 6.92 Å². The molecule has 1 aliphatic carbocycles. The Bertz CT molecular complexity index is 343. The van der Waals surface area contributed by atoms with E-state index in [4.69, 9.17) is 5.73 Å². The molecule has 0 aromatic heterocycles. The van der Waals surface area contributed by atoms with Crippen LogP contribution < -0.4 is 11.1 Å². The summed E-state index contributed by atoms with van der Waals surface area (Å²) in [5.74, 6) is 0.584. The number of carbonyl (C=O) groups is 1. The van der Waals surface area contributed by atoms with Crippen molar-refractivity contribution in [2.75, 3.05) is 13.1 Å². The van der Waals surface area contributed by atoms with E-state index in [0.29, 0.717) is 12.1 Å². The number of carbonyl (C=O) groups excluding carboxylic acids is 1. The highest BCUT2D eigenvalue weighted by atomic mass is 16.1. The molecular formula is C16H31N3O. The summed E-state index contributed by atoms with van der Waals surface area (Å²) in [5.41, 5.74) is 5.08. The number of amides is 1. The number of nitrogens with zero attached hydrogens (tertiary/aromatic N) is 1. The first-order valence-corrected chi connectivity index (χ1v) is 8.24. The molecule has 2 fully saturated rings. The van der Waals surface area contributed by atoms with E-state index in [1.807, 2.05) is 6.92 Å². The average Bonchev–Trinajstić information content (AvgIpc) is 3.18. The Labute approximate surface area is 123 Å². The molecule has 0 bridgehead atoms. The third-order valence-electron chi connectivity index (χ3n) is 5.27. The van der Waals surface area contributed by atoms with Crippen LogP contribution in [0, 0.1) is 5.92 Å². The van der Waals surface area contributed by atoms with Crippen molar-refractivity contribution < 1.29 is 4.79 Å². The molecular weight excluding hydrogens is 250 g/mol. The third-order valence-corrected chi connectivity index (χ3v) is 5.27. The number of hydrogen-bond donors (Lipinski definition) is 2. The summed E-state index contributed by atoms with van der Waals surface area (Å²) in [6, 6.07) is 1.18. The van der Waals surface area contributed by atoms with E-state index in [1.165, 1.54) is 32.2 Å². The number of nitrogens with one attached hydrogen (secondary N) is 1. The molecule has 0 spiro atoms. The Morgan fingerprint density at radius 3 is 2.65 bits per heavy atom. The zero-order valence-electron chi connectivity index (χ0n) is 13.3. The molecule has 1 saturated carbocycles. The highest BCUT2D eigenvalue weighted by molar-refractivity contribution is 5.84. The van der Waals surface area contributed by atoms with Gasteiger partial charge in [-0.2, -0.15) is 0 Å². The molecule has 2 aliphatic rings. The van der Waals surface area contributed by atoms with Crippen molar-refractivity contribution in [1.29, 1.82) is 0 Å². The lowest BCUT2D eigenvalue weighted by molar-refractivity contribution is -0.124. The van der Waals surface area contributed by atoms with Crippen molar-refractivity contribution in [3.05, 3.63) is 0 Å². The highest BCUT2D eigenvalue weighted by Crippen LogP contribution is 2.26. The molecule has 4 heteroatoms. The van der Waals surface area contributed by atoms with Crippen molar-refractivity contribution in [3.63, 3.8) is 0 Å². The zero-order valence-corrected chi connectivity index (χ0v) is 13.3. The van der Waals surface area contributed by atoms with Crippen LogP contribution in [-0.4, -0.2) is 41.5 Å². The lowest BCUT2D eigenvalue weighted by Crippen LogP contribution is -2.54. The van der Waals surface area contributed by atoms with Gasteiger partial charge < -0.3 is 16.0 Å². The molecule has 0 aromatic rings. The van der Waals surface area contributed by atoms with Crippen LogP contribution in [0.25, 0.3) is 0 Å². The summed E-state index contributed by atoms with van der Waals surface area (Å²) in [5, 5.41) is 3.43. The monoisotopic (exact) mass is 281 g/mol. The molecule has 0 radical (unpaired) electrons. The van der Waals surface area contributed by atoms with Gasteiger partial charge in [0.05, 0.1) is 5.54 Å². The first kappa shape index (κ1) is 15.8. The van der Waals surface area contributed by atoms with E-state index in [0.717, 1.165) is 25.3 Å². The van der Waals surface area contributed by atoms with Gasteiger partial charge in [0.2, 0.25) is 5.91 Å². The summed E-state index contributed by atoms with van der Waals surface area (Å²) in [7, 11) is 0. The Morgan fingerprint density at radius 2 is 2.05 bits per heavy atom. The fraction of sp³-hybridized carbons (Fsp3) is 0.938. The predicted molar refractivity (Wildman–Crippen MR) is 82.4 cm³/mol. The van der Waals surface area contributed by atoms with E-state index in [-0.39, 0.29) is 5.91 Å². The van der Waals surface area contributed by atoms with Gasteiger partial charge in [-0.25, -0.2) is 0 Å². The second kappa shape index (κ2) is 6.44.